The lowest BCUT2D eigenvalue weighted by molar-refractivity contribution is -0.137. The smallest absolute Gasteiger partial charge is 0.231 e. The molecule has 4 rings (SSSR count). The number of likely N-dealkylation sites (tertiary alicyclic amines) is 1. The topological polar surface area (TPSA) is 49.0 Å². The highest BCUT2D eigenvalue weighted by molar-refractivity contribution is 6.53. The van der Waals surface area contributed by atoms with Crippen molar-refractivity contribution in [1.82, 2.24) is 14.9 Å². The summed E-state index contributed by atoms with van der Waals surface area (Å²) in [5.74, 6) is 0.558. The highest BCUT2D eigenvalue weighted by atomic mass is 35.5. The fourth-order valence-corrected chi connectivity index (χ4v) is 4.39. The Morgan fingerprint density at radius 1 is 1.39 bits per heavy atom. The average molecular weight is 352 g/mol. The average Bonchev–Trinajstić information content (AvgIpc) is 2.90. The second-order valence-corrected chi connectivity index (χ2v) is 8.41. The minimum absolute atomic E-state index is 0.0987. The van der Waals surface area contributed by atoms with E-state index in [1.165, 1.54) is 10.9 Å². The van der Waals surface area contributed by atoms with Gasteiger partial charge in [0.1, 0.15) is 9.98 Å². The Balaban J connectivity index is 1.46. The highest BCUT2D eigenvalue weighted by Gasteiger charge is 2.68. The Morgan fingerprint density at radius 2 is 2.09 bits per heavy atom. The molecule has 2 aliphatic rings. The van der Waals surface area contributed by atoms with Crippen molar-refractivity contribution >= 4 is 40.1 Å². The van der Waals surface area contributed by atoms with Gasteiger partial charge in [0.05, 0.1) is 5.41 Å². The Morgan fingerprint density at radius 3 is 2.74 bits per heavy atom. The number of hydrogen-bond donors (Lipinski definition) is 1. The number of aromatic nitrogens is 2. The summed E-state index contributed by atoms with van der Waals surface area (Å²) in [6, 6.07) is 4.07. The Labute approximate surface area is 145 Å². The van der Waals surface area contributed by atoms with Crippen molar-refractivity contribution in [3.05, 3.63) is 30.1 Å². The summed E-state index contributed by atoms with van der Waals surface area (Å²) >= 11 is 12.3. The first-order valence-electron chi connectivity index (χ1n) is 8.01. The molecule has 3 heterocycles. The lowest BCUT2D eigenvalue weighted by Gasteiger charge is -2.34. The van der Waals surface area contributed by atoms with Crippen molar-refractivity contribution in [1.29, 1.82) is 0 Å². The maximum Gasteiger partial charge on any atom is 0.231 e. The molecule has 2 aromatic heterocycles. The van der Waals surface area contributed by atoms with Gasteiger partial charge in [-0.2, -0.15) is 0 Å². The number of alkyl halides is 2. The molecule has 1 aliphatic carbocycles. The largest absolute Gasteiger partial charge is 0.346 e. The van der Waals surface area contributed by atoms with Gasteiger partial charge in [-0.3, -0.25) is 4.79 Å². The number of piperidine rings is 1. The van der Waals surface area contributed by atoms with E-state index >= 15 is 0 Å². The van der Waals surface area contributed by atoms with Gasteiger partial charge < -0.3 is 9.88 Å². The van der Waals surface area contributed by atoms with E-state index in [2.05, 4.69) is 22.2 Å². The first-order valence-corrected chi connectivity index (χ1v) is 8.77. The zero-order chi connectivity index (χ0) is 16.2. The second-order valence-electron chi connectivity index (χ2n) is 6.92. The molecule has 1 atom stereocenters. The number of nitrogens with one attached hydrogen (secondary N) is 1. The lowest BCUT2D eigenvalue weighted by atomic mass is 9.89. The summed E-state index contributed by atoms with van der Waals surface area (Å²) in [4.78, 5) is 22.2. The van der Waals surface area contributed by atoms with Crippen molar-refractivity contribution in [2.24, 2.45) is 5.41 Å². The van der Waals surface area contributed by atoms with Gasteiger partial charge in [0.2, 0.25) is 5.91 Å². The molecule has 1 aliphatic heterocycles. The second kappa shape index (κ2) is 5.12. The van der Waals surface area contributed by atoms with Gasteiger partial charge in [0.25, 0.3) is 0 Å². The van der Waals surface area contributed by atoms with E-state index in [4.69, 9.17) is 23.2 Å². The Kier molecular flexibility index (Phi) is 3.40. The van der Waals surface area contributed by atoms with Crippen LogP contribution in [-0.4, -0.2) is 38.2 Å². The zero-order valence-corrected chi connectivity index (χ0v) is 14.5. The SMILES string of the molecule is C[C@@]1(C(=O)N2CCC(c3c[nH]c4ncccc34)CC2)CC1(Cl)Cl. The molecule has 0 spiro atoms. The standard InChI is InChI=1S/C17H19Cl2N3O/c1-16(10-17(16,18)19)15(23)22-7-4-11(5-8-22)13-9-21-14-12(13)3-2-6-20-14/h2-3,6,9,11H,4-5,7-8,10H2,1H3,(H,20,21)/t16-/m0/s1. The number of halogens is 2. The monoisotopic (exact) mass is 351 g/mol. The van der Waals surface area contributed by atoms with Crippen LogP contribution in [-0.2, 0) is 4.79 Å². The number of H-pyrrole nitrogens is 1. The van der Waals surface area contributed by atoms with Crippen molar-refractivity contribution in [2.45, 2.75) is 36.4 Å². The highest BCUT2D eigenvalue weighted by Crippen LogP contribution is 2.64. The van der Waals surface area contributed by atoms with Gasteiger partial charge in [-0.1, -0.05) is 0 Å². The van der Waals surface area contributed by atoms with Crippen LogP contribution < -0.4 is 0 Å². The number of nitrogens with zero attached hydrogens (tertiary/aromatic N) is 2. The summed E-state index contributed by atoms with van der Waals surface area (Å²) in [5.41, 5.74) is 1.63. The molecule has 0 unspecified atom stereocenters. The molecule has 23 heavy (non-hydrogen) atoms. The fourth-order valence-electron chi connectivity index (χ4n) is 3.69. The Hall–Kier alpha value is -1.26. The van der Waals surface area contributed by atoms with Crippen LogP contribution in [0.3, 0.4) is 0 Å². The molecule has 0 radical (unpaired) electrons. The lowest BCUT2D eigenvalue weighted by Crippen LogP contribution is -2.42. The van der Waals surface area contributed by atoms with Gasteiger partial charge in [-0.15, -0.1) is 23.2 Å². The number of carbonyl (C=O) groups is 1. The number of pyridine rings is 1. The number of fused-ring (bicyclic) bond motifs is 1. The molecular weight excluding hydrogens is 333 g/mol. The molecule has 2 aromatic rings. The number of aromatic amines is 1. The van der Waals surface area contributed by atoms with Crippen LogP contribution in [0, 0.1) is 5.41 Å². The molecule has 4 nitrogen and oxygen atoms in total. The van der Waals surface area contributed by atoms with Crippen LogP contribution in [0.25, 0.3) is 11.0 Å². The van der Waals surface area contributed by atoms with Crippen molar-refractivity contribution in [2.75, 3.05) is 13.1 Å². The van der Waals surface area contributed by atoms with Crippen molar-refractivity contribution in [3.63, 3.8) is 0 Å². The molecule has 0 bridgehead atoms. The molecule has 2 fully saturated rings. The van der Waals surface area contributed by atoms with E-state index in [1.54, 1.807) is 6.20 Å². The zero-order valence-electron chi connectivity index (χ0n) is 13.0. The molecule has 1 saturated heterocycles. The number of rotatable bonds is 2. The van der Waals surface area contributed by atoms with Gasteiger partial charge in [0.15, 0.2) is 0 Å². The number of amides is 1. The van der Waals surface area contributed by atoms with E-state index in [1.807, 2.05) is 17.9 Å². The summed E-state index contributed by atoms with van der Waals surface area (Å²) < 4.78 is -0.885. The summed E-state index contributed by atoms with van der Waals surface area (Å²) in [6.07, 6.45) is 6.33. The van der Waals surface area contributed by atoms with E-state index in [0.717, 1.165) is 31.6 Å². The molecule has 1 saturated carbocycles. The van der Waals surface area contributed by atoms with Crippen molar-refractivity contribution < 1.29 is 4.79 Å². The first-order chi connectivity index (χ1) is 10.9. The van der Waals surface area contributed by atoms with Gasteiger partial charge in [-0.25, -0.2) is 4.98 Å². The van der Waals surface area contributed by atoms with Crippen molar-refractivity contribution in [3.8, 4) is 0 Å². The van der Waals surface area contributed by atoms with Crippen LogP contribution in [0.4, 0.5) is 0 Å². The Bertz CT molecular complexity index is 764. The van der Waals surface area contributed by atoms with Crippen LogP contribution in [0.2, 0.25) is 0 Å². The van der Waals surface area contributed by atoms with E-state index in [-0.39, 0.29) is 5.91 Å². The number of carbonyl (C=O) groups excluding carboxylic acids is 1. The molecule has 122 valence electrons. The molecule has 1 N–H and O–H groups in total. The quantitative estimate of drug-likeness (QED) is 0.835. The van der Waals surface area contributed by atoms with E-state index < -0.39 is 9.75 Å². The predicted octanol–water partition coefficient (Wildman–Crippen LogP) is 3.85. The maximum absolute atomic E-state index is 12.6. The first kappa shape index (κ1) is 15.3. The minimum Gasteiger partial charge on any atom is -0.346 e. The van der Waals surface area contributed by atoms with Crippen LogP contribution in [0.15, 0.2) is 24.5 Å². The van der Waals surface area contributed by atoms with Gasteiger partial charge in [-0.05, 0) is 49.8 Å². The third-order valence-corrected chi connectivity index (χ3v) is 6.54. The maximum atomic E-state index is 12.6. The van der Waals surface area contributed by atoms with E-state index in [0.29, 0.717) is 12.3 Å². The van der Waals surface area contributed by atoms with Gasteiger partial charge in [0, 0.05) is 30.9 Å². The van der Waals surface area contributed by atoms with E-state index in [9.17, 15) is 4.79 Å². The summed E-state index contributed by atoms with van der Waals surface area (Å²) in [6.45, 7) is 3.39. The normalized spacial score (nSPS) is 27.3. The molecule has 6 heteroatoms. The van der Waals surface area contributed by atoms with Crippen LogP contribution in [0.5, 0.6) is 0 Å². The minimum atomic E-state index is -0.885. The summed E-state index contributed by atoms with van der Waals surface area (Å²) in [5, 5.41) is 1.19. The molecule has 1 amide bonds. The fraction of sp³-hybridized carbons (Fsp3) is 0.529. The third-order valence-electron chi connectivity index (χ3n) is 5.43. The van der Waals surface area contributed by atoms with Gasteiger partial charge >= 0.3 is 0 Å². The number of hydrogen-bond acceptors (Lipinski definition) is 2. The third kappa shape index (κ3) is 2.34. The van der Waals surface area contributed by atoms with Crippen LogP contribution in [0.1, 0.15) is 37.7 Å². The van der Waals surface area contributed by atoms with Crippen LogP contribution >= 0.6 is 23.2 Å². The molecule has 0 aromatic carbocycles. The molecular formula is C17H19Cl2N3O. The predicted molar refractivity (Wildman–Crippen MR) is 91.8 cm³/mol. The summed E-state index contributed by atoms with van der Waals surface area (Å²) in [7, 11) is 0.